The van der Waals surface area contributed by atoms with Gasteiger partial charge in [-0.3, -0.25) is 13.9 Å². The zero-order valence-corrected chi connectivity index (χ0v) is 11.7. The summed E-state index contributed by atoms with van der Waals surface area (Å²) in [4.78, 5) is 21.6. The van der Waals surface area contributed by atoms with E-state index in [2.05, 4.69) is 5.32 Å². The van der Waals surface area contributed by atoms with Crippen molar-refractivity contribution in [3.63, 3.8) is 0 Å². The number of carboxylic acids is 1. The van der Waals surface area contributed by atoms with Gasteiger partial charge in [0.05, 0.1) is 0 Å². The first kappa shape index (κ1) is 18.8. The van der Waals surface area contributed by atoms with Gasteiger partial charge < -0.3 is 15.5 Å². The fourth-order valence-electron chi connectivity index (χ4n) is 1.31. The van der Waals surface area contributed by atoms with Crippen LogP contribution in [0.4, 0.5) is 0 Å². The highest BCUT2D eigenvalue weighted by Crippen LogP contribution is 2.11. The van der Waals surface area contributed by atoms with Crippen molar-refractivity contribution in [3.05, 3.63) is 29.8 Å². The Morgan fingerprint density at radius 2 is 1.62 bits per heavy atom. The maximum Gasteiger partial charge on any atom is 0.394 e. The Balaban J connectivity index is 0.000000690. The third kappa shape index (κ3) is 11.4. The molecule has 10 heteroatoms. The van der Waals surface area contributed by atoms with Crippen molar-refractivity contribution in [2.75, 3.05) is 0 Å². The molecule has 0 saturated heterocycles. The monoisotopic (exact) mass is 321 g/mol. The minimum atomic E-state index is -4.67. The second kappa shape index (κ2) is 8.19. The van der Waals surface area contributed by atoms with Crippen molar-refractivity contribution in [2.45, 2.75) is 19.4 Å². The van der Waals surface area contributed by atoms with Crippen molar-refractivity contribution in [1.29, 1.82) is 0 Å². The van der Waals surface area contributed by atoms with Crippen molar-refractivity contribution in [2.24, 2.45) is 0 Å². The summed E-state index contributed by atoms with van der Waals surface area (Å²) in [6.45, 7) is 1.27. The molecule has 0 aliphatic carbocycles. The van der Waals surface area contributed by atoms with E-state index < -0.39 is 22.4 Å². The number of hydrogen-bond donors (Lipinski definition) is 5. The van der Waals surface area contributed by atoms with Crippen LogP contribution in [0.15, 0.2) is 24.3 Å². The first-order valence-electron chi connectivity index (χ1n) is 5.46. The van der Waals surface area contributed by atoms with Gasteiger partial charge in [0.2, 0.25) is 5.91 Å². The van der Waals surface area contributed by atoms with Crippen molar-refractivity contribution in [1.82, 2.24) is 5.32 Å². The van der Waals surface area contributed by atoms with Gasteiger partial charge in [0.25, 0.3) is 0 Å². The maximum absolute atomic E-state index is 10.8. The Hall–Kier alpha value is -2.17. The van der Waals surface area contributed by atoms with Crippen LogP contribution in [-0.2, 0) is 26.4 Å². The molecule has 0 saturated carbocycles. The molecular weight excluding hydrogens is 306 g/mol. The number of rotatable bonds is 4. The molecule has 1 amide bonds. The molecule has 0 radical (unpaired) electrons. The lowest BCUT2D eigenvalue weighted by Crippen LogP contribution is -2.41. The number of hydrogen-bond acceptors (Lipinski definition) is 5. The molecule has 1 rings (SSSR count). The highest BCUT2D eigenvalue weighted by atomic mass is 32.3. The topological polar surface area (TPSA) is 161 Å². The normalized spacial score (nSPS) is 11.8. The number of carbonyl (C=O) groups is 2. The molecule has 0 unspecified atom stereocenters. The van der Waals surface area contributed by atoms with Crippen LogP contribution in [0.2, 0.25) is 0 Å². The average molecular weight is 321 g/mol. The van der Waals surface area contributed by atoms with E-state index in [-0.39, 0.29) is 18.1 Å². The van der Waals surface area contributed by atoms with Crippen LogP contribution >= 0.6 is 0 Å². The molecule has 0 aromatic heterocycles. The number of carbonyl (C=O) groups excluding carboxylic acids is 1. The number of nitrogens with one attached hydrogen (secondary N) is 1. The number of carboxylic acid groups (broad SMARTS) is 1. The van der Waals surface area contributed by atoms with Crippen LogP contribution in [-0.4, -0.2) is 45.7 Å². The predicted octanol–water partition coefficient (Wildman–Crippen LogP) is -0.129. The molecule has 1 aromatic rings. The van der Waals surface area contributed by atoms with E-state index in [1.807, 2.05) is 0 Å². The standard InChI is InChI=1S/C11H13NO4.H2O4S/c1-7(13)12-10(11(15)16)6-8-2-4-9(14)5-3-8;1-5(2,3)4/h2-5,10,14H,6H2,1H3,(H,12,13)(H,15,16);(H2,1,2,3,4)/t10-;/m0./s1. The van der Waals surface area contributed by atoms with Gasteiger partial charge in [-0.2, -0.15) is 8.42 Å². The molecule has 0 aliphatic heterocycles. The van der Waals surface area contributed by atoms with Crippen LogP contribution in [0.1, 0.15) is 12.5 Å². The Labute approximate surface area is 120 Å². The van der Waals surface area contributed by atoms with Gasteiger partial charge in [-0.15, -0.1) is 0 Å². The van der Waals surface area contributed by atoms with Crippen LogP contribution in [0.5, 0.6) is 5.75 Å². The first-order chi connectivity index (χ1) is 9.49. The number of phenolic OH excluding ortho intramolecular Hbond substituents is 1. The van der Waals surface area contributed by atoms with E-state index in [4.69, 9.17) is 27.7 Å². The third-order valence-electron chi connectivity index (χ3n) is 2.05. The molecular formula is C11H15NO8S. The fraction of sp³-hybridized carbons (Fsp3) is 0.273. The smallest absolute Gasteiger partial charge is 0.394 e. The minimum Gasteiger partial charge on any atom is -0.508 e. The molecule has 0 fully saturated rings. The fourth-order valence-corrected chi connectivity index (χ4v) is 1.31. The third-order valence-corrected chi connectivity index (χ3v) is 2.05. The predicted molar refractivity (Wildman–Crippen MR) is 71.2 cm³/mol. The Kier molecular flexibility index (Phi) is 7.35. The lowest BCUT2D eigenvalue weighted by atomic mass is 10.1. The second-order valence-electron chi connectivity index (χ2n) is 3.91. The van der Waals surface area contributed by atoms with E-state index in [0.717, 1.165) is 5.56 Å². The van der Waals surface area contributed by atoms with E-state index in [1.54, 1.807) is 12.1 Å². The summed E-state index contributed by atoms with van der Waals surface area (Å²) in [6, 6.07) is 5.24. The van der Waals surface area contributed by atoms with Gasteiger partial charge in [0, 0.05) is 13.3 Å². The van der Waals surface area contributed by atoms with E-state index in [1.165, 1.54) is 19.1 Å². The highest BCUT2D eigenvalue weighted by Gasteiger charge is 2.18. The van der Waals surface area contributed by atoms with Gasteiger partial charge in [0.15, 0.2) is 0 Å². The van der Waals surface area contributed by atoms with E-state index in [0.29, 0.717) is 0 Å². The molecule has 0 spiro atoms. The van der Waals surface area contributed by atoms with Gasteiger partial charge in [-0.25, -0.2) is 4.79 Å². The lowest BCUT2D eigenvalue weighted by Gasteiger charge is -2.13. The molecule has 5 N–H and O–H groups in total. The van der Waals surface area contributed by atoms with Gasteiger partial charge in [0.1, 0.15) is 11.8 Å². The second-order valence-corrected chi connectivity index (χ2v) is 4.81. The van der Waals surface area contributed by atoms with Gasteiger partial charge >= 0.3 is 16.4 Å². The summed E-state index contributed by atoms with van der Waals surface area (Å²) in [6.07, 6.45) is 0.190. The quantitative estimate of drug-likeness (QED) is 0.479. The van der Waals surface area contributed by atoms with Crippen LogP contribution in [0, 0.1) is 0 Å². The van der Waals surface area contributed by atoms with Gasteiger partial charge in [-0.1, -0.05) is 12.1 Å². The largest absolute Gasteiger partial charge is 0.508 e. The maximum atomic E-state index is 10.8. The summed E-state index contributed by atoms with van der Waals surface area (Å²) in [5, 5.41) is 20.3. The summed E-state index contributed by atoms with van der Waals surface area (Å²) < 4.78 is 31.6. The summed E-state index contributed by atoms with van der Waals surface area (Å²) in [5.74, 6) is -1.34. The number of aromatic hydroxyl groups is 1. The SMILES string of the molecule is CC(=O)N[C@@H](Cc1ccc(O)cc1)C(=O)O.O=S(=O)(O)O. The van der Waals surface area contributed by atoms with E-state index in [9.17, 15) is 9.59 Å². The van der Waals surface area contributed by atoms with E-state index >= 15 is 0 Å². The van der Waals surface area contributed by atoms with Crippen molar-refractivity contribution in [3.8, 4) is 5.75 Å². The number of aliphatic carboxylic acids is 1. The number of amides is 1. The molecule has 21 heavy (non-hydrogen) atoms. The van der Waals surface area contributed by atoms with Gasteiger partial charge in [-0.05, 0) is 17.7 Å². The zero-order chi connectivity index (χ0) is 16.6. The summed E-state index contributed by atoms with van der Waals surface area (Å²) in [5.41, 5.74) is 0.735. The molecule has 0 bridgehead atoms. The lowest BCUT2D eigenvalue weighted by molar-refractivity contribution is -0.141. The average Bonchev–Trinajstić information content (AvgIpc) is 2.28. The zero-order valence-electron chi connectivity index (χ0n) is 10.9. The van der Waals surface area contributed by atoms with Crippen molar-refractivity contribution >= 4 is 22.3 Å². The summed E-state index contributed by atoms with van der Waals surface area (Å²) in [7, 11) is -4.67. The Morgan fingerprint density at radius 1 is 1.19 bits per heavy atom. The Bertz CT molecular complexity index is 573. The molecule has 1 aromatic carbocycles. The minimum absolute atomic E-state index is 0.121. The molecule has 0 heterocycles. The summed E-state index contributed by atoms with van der Waals surface area (Å²) >= 11 is 0. The number of phenols is 1. The molecule has 1 atom stereocenters. The Morgan fingerprint density at radius 3 is 1.95 bits per heavy atom. The van der Waals surface area contributed by atoms with Crippen LogP contribution in [0.25, 0.3) is 0 Å². The van der Waals surface area contributed by atoms with Crippen molar-refractivity contribution < 1.29 is 37.3 Å². The first-order valence-corrected chi connectivity index (χ1v) is 6.86. The van der Waals surface area contributed by atoms with Crippen LogP contribution < -0.4 is 5.32 Å². The number of benzene rings is 1. The highest BCUT2D eigenvalue weighted by molar-refractivity contribution is 7.79. The molecule has 0 aliphatic rings. The molecule has 118 valence electrons. The molecule has 9 nitrogen and oxygen atoms in total. The van der Waals surface area contributed by atoms with Crippen LogP contribution in [0.3, 0.4) is 0 Å².